The summed E-state index contributed by atoms with van der Waals surface area (Å²) in [5.41, 5.74) is 1.53. The molecule has 0 N–H and O–H groups in total. The lowest BCUT2D eigenvalue weighted by Crippen LogP contribution is -2.04. The van der Waals surface area contributed by atoms with Crippen LogP contribution in [0.5, 0.6) is 0 Å². The first-order valence-electron chi connectivity index (χ1n) is 4.98. The Morgan fingerprint density at radius 3 is 3.06 bits per heavy atom. The molecule has 2 aromatic rings. The molecule has 4 heteroatoms. The molecule has 0 unspecified atom stereocenters. The second kappa shape index (κ2) is 4.61. The molecule has 0 fully saturated rings. The Morgan fingerprint density at radius 1 is 1.50 bits per heavy atom. The van der Waals surface area contributed by atoms with Crippen molar-refractivity contribution in [2.45, 2.75) is 6.92 Å². The first kappa shape index (κ1) is 10.4. The van der Waals surface area contributed by atoms with Crippen LogP contribution in [-0.2, 0) is 4.74 Å². The zero-order valence-electron chi connectivity index (χ0n) is 8.84. The van der Waals surface area contributed by atoms with Crippen LogP contribution >= 0.6 is 0 Å². The van der Waals surface area contributed by atoms with Crippen molar-refractivity contribution in [1.82, 2.24) is 4.98 Å². The predicted molar refractivity (Wildman–Crippen MR) is 57.9 cm³/mol. The number of ether oxygens (including phenoxy) is 1. The molecule has 0 spiro atoms. The molecular formula is C12H11NO3. The molecule has 0 aliphatic heterocycles. The first-order valence-corrected chi connectivity index (χ1v) is 4.98. The summed E-state index contributed by atoms with van der Waals surface area (Å²) >= 11 is 0. The van der Waals surface area contributed by atoms with Crippen molar-refractivity contribution >= 4 is 5.97 Å². The van der Waals surface area contributed by atoms with E-state index in [2.05, 4.69) is 4.98 Å². The number of furan rings is 1. The van der Waals surface area contributed by atoms with E-state index in [9.17, 15) is 4.79 Å². The standard InChI is InChI=1S/C12H11NO3/c1-2-15-12(14)11-10(5-7-16-11)9-4-3-6-13-8-9/h3-8H,2H2,1H3. The highest BCUT2D eigenvalue weighted by atomic mass is 16.5. The van der Waals surface area contributed by atoms with E-state index in [-0.39, 0.29) is 5.76 Å². The minimum Gasteiger partial charge on any atom is -0.460 e. The molecule has 2 heterocycles. The second-order valence-electron chi connectivity index (χ2n) is 3.13. The fourth-order valence-corrected chi connectivity index (χ4v) is 1.41. The average Bonchev–Trinajstić information content (AvgIpc) is 2.79. The lowest BCUT2D eigenvalue weighted by atomic mass is 10.1. The van der Waals surface area contributed by atoms with Crippen molar-refractivity contribution in [3.63, 3.8) is 0 Å². The van der Waals surface area contributed by atoms with Gasteiger partial charge in [-0.1, -0.05) is 6.07 Å². The Balaban J connectivity index is 2.37. The van der Waals surface area contributed by atoms with E-state index in [1.165, 1.54) is 6.26 Å². The Hall–Kier alpha value is -2.10. The minimum absolute atomic E-state index is 0.217. The van der Waals surface area contributed by atoms with Gasteiger partial charge in [-0.05, 0) is 19.1 Å². The summed E-state index contributed by atoms with van der Waals surface area (Å²) in [6, 6.07) is 5.39. The van der Waals surface area contributed by atoms with Gasteiger partial charge < -0.3 is 9.15 Å². The topological polar surface area (TPSA) is 52.3 Å². The molecule has 0 aromatic carbocycles. The molecule has 0 aliphatic carbocycles. The number of hydrogen-bond acceptors (Lipinski definition) is 4. The normalized spacial score (nSPS) is 10.1. The van der Waals surface area contributed by atoms with E-state index in [1.54, 1.807) is 31.5 Å². The largest absolute Gasteiger partial charge is 0.460 e. The number of hydrogen-bond donors (Lipinski definition) is 0. The summed E-state index contributed by atoms with van der Waals surface area (Å²) in [6.45, 7) is 2.08. The summed E-state index contributed by atoms with van der Waals surface area (Å²) in [5.74, 6) is -0.235. The molecule has 4 nitrogen and oxygen atoms in total. The molecule has 0 bridgehead atoms. The van der Waals surface area contributed by atoms with E-state index < -0.39 is 5.97 Å². The van der Waals surface area contributed by atoms with Gasteiger partial charge in [0.05, 0.1) is 12.9 Å². The van der Waals surface area contributed by atoms with E-state index in [4.69, 9.17) is 9.15 Å². The molecule has 0 radical (unpaired) electrons. The van der Waals surface area contributed by atoms with Crippen LogP contribution in [0.1, 0.15) is 17.5 Å². The Morgan fingerprint density at radius 2 is 2.38 bits per heavy atom. The van der Waals surface area contributed by atoms with Gasteiger partial charge in [-0.2, -0.15) is 0 Å². The van der Waals surface area contributed by atoms with E-state index in [0.29, 0.717) is 12.2 Å². The maximum atomic E-state index is 11.6. The Kier molecular flexibility index (Phi) is 3.00. The summed E-state index contributed by atoms with van der Waals surface area (Å²) in [7, 11) is 0. The van der Waals surface area contributed by atoms with Crippen LogP contribution in [0.15, 0.2) is 41.3 Å². The lowest BCUT2D eigenvalue weighted by Gasteiger charge is -2.01. The van der Waals surface area contributed by atoms with Crippen LogP contribution in [0.4, 0.5) is 0 Å². The van der Waals surface area contributed by atoms with Crippen molar-refractivity contribution in [3.8, 4) is 11.1 Å². The van der Waals surface area contributed by atoms with Gasteiger partial charge in [0.25, 0.3) is 0 Å². The maximum Gasteiger partial charge on any atom is 0.374 e. The molecule has 0 saturated carbocycles. The highest BCUT2D eigenvalue weighted by Gasteiger charge is 2.17. The third-order valence-electron chi connectivity index (χ3n) is 2.10. The summed E-state index contributed by atoms with van der Waals surface area (Å²) < 4.78 is 10.0. The van der Waals surface area contributed by atoms with Crippen LogP contribution in [0, 0.1) is 0 Å². The fraction of sp³-hybridized carbons (Fsp3) is 0.167. The van der Waals surface area contributed by atoms with Crippen molar-refractivity contribution < 1.29 is 13.9 Å². The summed E-state index contributed by atoms with van der Waals surface area (Å²) in [5, 5.41) is 0. The maximum absolute atomic E-state index is 11.6. The number of carbonyl (C=O) groups is 1. The van der Waals surface area contributed by atoms with Gasteiger partial charge in [0, 0.05) is 23.5 Å². The van der Waals surface area contributed by atoms with Crippen molar-refractivity contribution in [3.05, 3.63) is 42.6 Å². The van der Waals surface area contributed by atoms with Gasteiger partial charge in [0.1, 0.15) is 0 Å². The van der Waals surface area contributed by atoms with Crippen LogP contribution in [0.2, 0.25) is 0 Å². The van der Waals surface area contributed by atoms with Gasteiger partial charge in [-0.3, -0.25) is 4.98 Å². The lowest BCUT2D eigenvalue weighted by molar-refractivity contribution is 0.0491. The molecule has 16 heavy (non-hydrogen) atoms. The highest BCUT2D eigenvalue weighted by Crippen LogP contribution is 2.24. The smallest absolute Gasteiger partial charge is 0.374 e. The summed E-state index contributed by atoms with van der Waals surface area (Å²) in [6.07, 6.45) is 4.82. The van der Waals surface area contributed by atoms with Crippen LogP contribution in [-0.4, -0.2) is 17.6 Å². The van der Waals surface area contributed by atoms with Gasteiger partial charge in [-0.25, -0.2) is 4.79 Å². The monoisotopic (exact) mass is 217 g/mol. The van der Waals surface area contributed by atoms with Crippen LogP contribution < -0.4 is 0 Å². The number of aromatic nitrogens is 1. The number of esters is 1. The van der Waals surface area contributed by atoms with Gasteiger partial charge in [0.15, 0.2) is 0 Å². The van der Waals surface area contributed by atoms with E-state index in [0.717, 1.165) is 5.56 Å². The highest BCUT2D eigenvalue weighted by molar-refractivity contribution is 5.94. The molecular weight excluding hydrogens is 206 g/mol. The SMILES string of the molecule is CCOC(=O)c1occc1-c1cccnc1. The third-order valence-corrected chi connectivity index (χ3v) is 2.10. The van der Waals surface area contributed by atoms with Crippen molar-refractivity contribution in [1.29, 1.82) is 0 Å². The quantitative estimate of drug-likeness (QED) is 0.741. The first-order chi connectivity index (χ1) is 7.83. The van der Waals surface area contributed by atoms with Gasteiger partial charge in [-0.15, -0.1) is 0 Å². The third kappa shape index (κ3) is 1.95. The molecule has 0 amide bonds. The fourth-order valence-electron chi connectivity index (χ4n) is 1.41. The predicted octanol–water partition coefficient (Wildman–Crippen LogP) is 2.52. The number of carbonyl (C=O) groups excluding carboxylic acids is 1. The molecule has 2 aromatic heterocycles. The zero-order valence-corrected chi connectivity index (χ0v) is 8.84. The molecule has 2 rings (SSSR count). The number of nitrogens with zero attached hydrogens (tertiary/aromatic N) is 1. The van der Waals surface area contributed by atoms with Crippen molar-refractivity contribution in [2.75, 3.05) is 6.61 Å². The van der Waals surface area contributed by atoms with Gasteiger partial charge >= 0.3 is 5.97 Å². The van der Waals surface area contributed by atoms with Crippen molar-refractivity contribution in [2.24, 2.45) is 0 Å². The van der Waals surface area contributed by atoms with E-state index >= 15 is 0 Å². The molecule has 0 aliphatic rings. The summed E-state index contributed by atoms with van der Waals surface area (Å²) in [4.78, 5) is 15.6. The molecule has 82 valence electrons. The van der Waals surface area contributed by atoms with E-state index in [1.807, 2.05) is 6.07 Å². The van der Waals surface area contributed by atoms with Gasteiger partial charge in [0.2, 0.25) is 5.76 Å². The number of rotatable bonds is 3. The minimum atomic E-state index is -0.452. The Bertz CT molecular complexity index is 476. The Labute approximate surface area is 92.9 Å². The second-order valence-corrected chi connectivity index (χ2v) is 3.13. The van der Waals surface area contributed by atoms with Crippen LogP contribution in [0.25, 0.3) is 11.1 Å². The average molecular weight is 217 g/mol. The van der Waals surface area contributed by atoms with Crippen LogP contribution in [0.3, 0.4) is 0 Å². The number of pyridine rings is 1. The molecule has 0 saturated heterocycles. The molecule has 0 atom stereocenters. The zero-order chi connectivity index (χ0) is 11.4.